The largest absolute Gasteiger partial charge is 0.450 e. The molecule has 0 saturated heterocycles. The number of nitrogens with one attached hydrogen (secondary N) is 1. The standard InChI is InChI=1S/C25H26N4O4/c1-2-33-25(32)29-10-9-17-7-8-21(13-22(17)23(29)15-30)28-24(31)20-6-5-18-11-16(14-27-26)3-4-19(18)12-20/h3-8,11-14,23,30H,2,9-10,15,26H2,1H3,(H,28,31). The van der Waals surface area contributed by atoms with Gasteiger partial charge in [-0.25, -0.2) is 4.79 Å². The Kier molecular flexibility index (Phi) is 6.55. The third-order valence-electron chi connectivity index (χ3n) is 5.79. The highest BCUT2D eigenvalue weighted by molar-refractivity contribution is 6.06. The SMILES string of the molecule is CCOC(=O)N1CCc2ccc(NC(=O)c3ccc4cc(C=NN)ccc4c3)cc2C1CO. The van der Waals surface area contributed by atoms with Crippen molar-refractivity contribution in [3.63, 3.8) is 0 Å². The number of nitrogens with two attached hydrogens (primary N) is 1. The summed E-state index contributed by atoms with van der Waals surface area (Å²) in [6.45, 7) is 2.26. The number of carbonyl (C=O) groups is 2. The highest BCUT2D eigenvalue weighted by Crippen LogP contribution is 2.32. The minimum atomic E-state index is -0.517. The number of nitrogens with zero attached hydrogens (tertiary/aromatic N) is 2. The average molecular weight is 447 g/mol. The average Bonchev–Trinajstić information content (AvgIpc) is 2.83. The second-order valence-corrected chi connectivity index (χ2v) is 7.81. The molecule has 1 unspecified atom stereocenters. The maximum atomic E-state index is 12.9. The van der Waals surface area contributed by atoms with Crippen molar-refractivity contribution in [1.29, 1.82) is 0 Å². The van der Waals surface area contributed by atoms with Gasteiger partial charge in [0.1, 0.15) is 0 Å². The molecule has 3 aromatic rings. The van der Waals surface area contributed by atoms with E-state index in [9.17, 15) is 14.7 Å². The number of rotatable bonds is 5. The zero-order chi connectivity index (χ0) is 23.4. The summed E-state index contributed by atoms with van der Waals surface area (Å²) in [4.78, 5) is 26.8. The van der Waals surface area contributed by atoms with E-state index in [1.54, 1.807) is 19.2 Å². The summed E-state index contributed by atoms with van der Waals surface area (Å²) in [5.41, 5.74) is 3.84. The molecular formula is C25H26N4O4. The lowest BCUT2D eigenvalue weighted by atomic mass is 9.92. The first kappa shape index (κ1) is 22.3. The number of hydrogen-bond acceptors (Lipinski definition) is 6. The first-order valence-electron chi connectivity index (χ1n) is 10.8. The molecule has 4 rings (SSSR count). The monoisotopic (exact) mass is 446 g/mol. The summed E-state index contributed by atoms with van der Waals surface area (Å²) in [6.07, 6.45) is 1.77. The summed E-state index contributed by atoms with van der Waals surface area (Å²) < 4.78 is 5.13. The van der Waals surface area contributed by atoms with E-state index in [0.717, 1.165) is 27.5 Å². The van der Waals surface area contributed by atoms with Crippen LogP contribution in [0.3, 0.4) is 0 Å². The summed E-state index contributed by atoms with van der Waals surface area (Å²) in [6, 6.07) is 16.3. The third kappa shape index (κ3) is 4.65. The molecule has 3 aromatic carbocycles. The van der Waals surface area contributed by atoms with Gasteiger partial charge in [0.25, 0.3) is 5.91 Å². The number of aliphatic hydroxyl groups excluding tert-OH is 1. The third-order valence-corrected chi connectivity index (χ3v) is 5.79. The number of carbonyl (C=O) groups excluding carboxylic acids is 2. The van der Waals surface area contributed by atoms with Gasteiger partial charge in [-0.2, -0.15) is 5.10 Å². The normalized spacial score (nSPS) is 15.5. The van der Waals surface area contributed by atoms with Gasteiger partial charge in [-0.05, 0) is 71.1 Å². The molecule has 1 heterocycles. The number of fused-ring (bicyclic) bond motifs is 2. The number of hydrazone groups is 1. The van der Waals surface area contributed by atoms with Crippen LogP contribution in [-0.2, 0) is 11.2 Å². The fourth-order valence-electron chi connectivity index (χ4n) is 4.17. The van der Waals surface area contributed by atoms with Gasteiger partial charge in [0, 0.05) is 17.8 Å². The van der Waals surface area contributed by atoms with Crippen LogP contribution in [0.1, 0.15) is 40.0 Å². The minimum Gasteiger partial charge on any atom is -0.450 e. The molecule has 8 heteroatoms. The molecule has 33 heavy (non-hydrogen) atoms. The number of aliphatic hydroxyl groups is 1. The molecule has 1 aliphatic heterocycles. The van der Waals surface area contributed by atoms with Crippen molar-refractivity contribution in [3.8, 4) is 0 Å². The van der Waals surface area contributed by atoms with Gasteiger partial charge >= 0.3 is 6.09 Å². The smallest absolute Gasteiger partial charge is 0.410 e. The van der Waals surface area contributed by atoms with Crippen molar-refractivity contribution in [3.05, 3.63) is 76.9 Å². The highest BCUT2D eigenvalue weighted by Gasteiger charge is 2.31. The predicted octanol–water partition coefficient (Wildman–Crippen LogP) is 3.43. The van der Waals surface area contributed by atoms with Crippen LogP contribution in [0.4, 0.5) is 10.5 Å². The van der Waals surface area contributed by atoms with Crippen LogP contribution in [0.5, 0.6) is 0 Å². The van der Waals surface area contributed by atoms with Gasteiger partial charge in [0.05, 0.1) is 25.5 Å². The van der Waals surface area contributed by atoms with Crippen LogP contribution in [0, 0.1) is 0 Å². The molecule has 2 amide bonds. The molecule has 0 saturated carbocycles. The summed E-state index contributed by atoms with van der Waals surface area (Å²) in [7, 11) is 0. The maximum absolute atomic E-state index is 12.9. The highest BCUT2D eigenvalue weighted by atomic mass is 16.6. The van der Waals surface area contributed by atoms with E-state index in [-0.39, 0.29) is 19.1 Å². The van der Waals surface area contributed by atoms with E-state index in [0.29, 0.717) is 24.2 Å². The first-order valence-corrected chi connectivity index (χ1v) is 10.8. The Balaban J connectivity index is 1.56. The van der Waals surface area contributed by atoms with Gasteiger partial charge in [0.15, 0.2) is 0 Å². The Bertz CT molecular complexity index is 1220. The Labute approximate surface area is 191 Å². The summed E-state index contributed by atoms with van der Waals surface area (Å²) >= 11 is 0. The Morgan fingerprint density at radius 2 is 1.97 bits per heavy atom. The van der Waals surface area contributed by atoms with Crippen LogP contribution in [0.15, 0.2) is 59.7 Å². The molecule has 0 bridgehead atoms. The molecule has 8 nitrogen and oxygen atoms in total. The van der Waals surface area contributed by atoms with Crippen LogP contribution < -0.4 is 11.2 Å². The maximum Gasteiger partial charge on any atom is 0.410 e. The minimum absolute atomic E-state index is 0.231. The topological polar surface area (TPSA) is 117 Å². The fourth-order valence-corrected chi connectivity index (χ4v) is 4.17. The van der Waals surface area contributed by atoms with E-state index >= 15 is 0 Å². The fraction of sp³-hybridized carbons (Fsp3) is 0.240. The summed E-state index contributed by atoms with van der Waals surface area (Å²) in [5, 5.41) is 18.3. The van der Waals surface area contributed by atoms with Crippen molar-refractivity contribution in [2.75, 3.05) is 25.1 Å². The molecule has 0 spiro atoms. The lowest BCUT2D eigenvalue weighted by Crippen LogP contribution is -2.42. The molecule has 1 atom stereocenters. The number of anilines is 1. The molecule has 1 aliphatic rings. The zero-order valence-electron chi connectivity index (χ0n) is 18.3. The van der Waals surface area contributed by atoms with E-state index in [1.165, 1.54) is 4.90 Å². The van der Waals surface area contributed by atoms with E-state index in [1.807, 2.05) is 48.5 Å². The first-order chi connectivity index (χ1) is 16.0. The van der Waals surface area contributed by atoms with Crippen LogP contribution in [0.25, 0.3) is 10.8 Å². The van der Waals surface area contributed by atoms with Gasteiger partial charge in [0.2, 0.25) is 0 Å². The van der Waals surface area contributed by atoms with Crippen molar-refractivity contribution in [2.45, 2.75) is 19.4 Å². The zero-order valence-corrected chi connectivity index (χ0v) is 18.3. The van der Waals surface area contributed by atoms with Gasteiger partial charge in [-0.1, -0.05) is 24.3 Å². The van der Waals surface area contributed by atoms with Crippen LogP contribution in [-0.4, -0.2) is 48.0 Å². The Morgan fingerprint density at radius 3 is 2.73 bits per heavy atom. The number of benzene rings is 3. The van der Waals surface area contributed by atoms with Gasteiger partial charge in [-0.3, -0.25) is 9.69 Å². The summed E-state index contributed by atoms with van der Waals surface area (Å²) in [5.74, 6) is 4.97. The van der Waals surface area contributed by atoms with Crippen LogP contribution >= 0.6 is 0 Å². The lowest BCUT2D eigenvalue weighted by Gasteiger charge is -2.35. The molecule has 0 aromatic heterocycles. The van der Waals surface area contributed by atoms with Crippen molar-refractivity contribution >= 4 is 34.7 Å². The molecule has 0 fully saturated rings. The van der Waals surface area contributed by atoms with Crippen molar-refractivity contribution in [1.82, 2.24) is 4.90 Å². The van der Waals surface area contributed by atoms with E-state index < -0.39 is 12.1 Å². The second-order valence-electron chi connectivity index (χ2n) is 7.81. The predicted molar refractivity (Wildman–Crippen MR) is 127 cm³/mol. The molecule has 0 radical (unpaired) electrons. The quantitative estimate of drug-likeness (QED) is 0.315. The number of amides is 2. The van der Waals surface area contributed by atoms with Crippen molar-refractivity contribution in [2.24, 2.45) is 10.9 Å². The lowest BCUT2D eigenvalue weighted by molar-refractivity contribution is 0.0678. The van der Waals surface area contributed by atoms with Crippen LogP contribution in [0.2, 0.25) is 0 Å². The molecule has 170 valence electrons. The molecular weight excluding hydrogens is 420 g/mol. The van der Waals surface area contributed by atoms with Gasteiger partial charge < -0.3 is 21.0 Å². The number of hydrogen-bond donors (Lipinski definition) is 3. The van der Waals surface area contributed by atoms with Crippen molar-refractivity contribution < 1.29 is 19.4 Å². The molecule has 4 N–H and O–H groups in total. The van der Waals surface area contributed by atoms with E-state index in [2.05, 4.69) is 10.4 Å². The van der Waals surface area contributed by atoms with Gasteiger partial charge in [-0.15, -0.1) is 0 Å². The Hall–Kier alpha value is -3.91. The van der Waals surface area contributed by atoms with E-state index in [4.69, 9.17) is 10.6 Å². The number of ether oxygens (including phenoxy) is 1. The second kappa shape index (κ2) is 9.70. The molecule has 0 aliphatic carbocycles. The Morgan fingerprint density at radius 1 is 1.18 bits per heavy atom.